The first-order valence-corrected chi connectivity index (χ1v) is 10.0. The molecule has 0 aromatic carbocycles. The molecule has 1 aliphatic heterocycles. The molecule has 3 nitrogen and oxygen atoms in total. The Bertz CT molecular complexity index is 719. The van der Waals surface area contributed by atoms with Crippen LogP contribution in [-0.4, -0.2) is 17.4 Å². The first-order chi connectivity index (χ1) is 11.9. The van der Waals surface area contributed by atoms with Gasteiger partial charge in [-0.1, -0.05) is 31.6 Å². The van der Waals surface area contributed by atoms with Crippen LogP contribution in [0.5, 0.6) is 0 Å². The zero-order chi connectivity index (χ0) is 17.4. The van der Waals surface area contributed by atoms with Gasteiger partial charge >= 0.3 is 5.97 Å². The average molecular weight is 340 g/mol. The molecule has 3 heteroatoms. The molecule has 5 rings (SSSR count). The van der Waals surface area contributed by atoms with E-state index >= 15 is 0 Å². The Morgan fingerprint density at radius 1 is 1.04 bits per heavy atom. The fraction of sp³-hybridized carbons (Fsp3) is 0.727. The summed E-state index contributed by atoms with van der Waals surface area (Å²) in [5.41, 5.74) is 1.27. The first-order valence-electron chi connectivity index (χ1n) is 10.0. The van der Waals surface area contributed by atoms with Gasteiger partial charge in [0.05, 0.1) is 0 Å². The van der Waals surface area contributed by atoms with E-state index in [1.54, 1.807) is 0 Å². The third-order valence-electron chi connectivity index (χ3n) is 8.72. The summed E-state index contributed by atoms with van der Waals surface area (Å²) >= 11 is 0. The van der Waals surface area contributed by atoms with Crippen LogP contribution in [0.25, 0.3) is 0 Å². The lowest BCUT2D eigenvalue weighted by Gasteiger charge is -2.56. The van der Waals surface area contributed by atoms with E-state index in [1.807, 2.05) is 6.08 Å². The van der Waals surface area contributed by atoms with Crippen molar-refractivity contribution in [2.45, 2.75) is 70.8 Å². The van der Waals surface area contributed by atoms with Crippen molar-refractivity contribution in [1.29, 1.82) is 0 Å². The fourth-order valence-electron chi connectivity index (χ4n) is 7.21. The van der Waals surface area contributed by atoms with Crippen molar-refractivity contribution >= 4 is 11.8 Å². The number of hydrogen-bond donors (Lipinski definition) is 0. The number of ether oxygens (including phenoxy) is 1. The van der Waals surface area contributed by atoms with Crippen molar-refractivity contribution in [2.75, 3.05) is 0 Å². The standard InChI is InChI=1S/C22H28O3/c1-20-9-5-15(23)13-14(20)3-4-16-17(20)6-10-21(2)18(16)7-11-22(21)12-8-19(24)25-22/h6,10,13,16-18H,3-5,7-9,11-12H2,1-2H3/t16?,17?,18?,20?,21?,22-/m1/s1. The van der Waals surface area contributed by atoms with Crippen LogP contribution in [-0.2, 0) is 14.3 Å². The van der Waals surface area contributed by atoms with E-state index in [2.05, 4.69) is 26.0 Å². The highest BCUT2D eigenvalue weighted by Crippen LogP contribution is 2.67. The monoisotopic (exact) mass is 340 g/mol. The van der Waals surface area contributed by atoms with Crippen LogP contribution in [0.15, 0.2) is 23.8 Å². The highest BCUT2D eigenvalue weighted by Gasteiger charge is 2.65. The van der Waals surface area contributed by atoms with Gasteiger partial charge in [0.2, 0.25) is 0 Å². The fourth-order valence-corrected chi connectivity index (χ4v) is 7.21. The van der Waals surface area contributed by atoms with E-state index in [9.17, 15) is 9.59 Å². The second-order valence-electron chi connectivity index (χ2n) is 9.54. The van der Waals surface area contributed by atoms with Crippen LogP contribution in [0.4, 0.5) is 0 Å². The summed E-state index contributed by atoms with van der Waals surface area (Å²) < 4.78 is 5.96. The van der Waals surface area contributed by atoms with E-state index in [4.69, 9.17) is 4.74 Å². The maximum Gasteiger partial charge on any atom is 0.306 e. The highest BCUT2D eigenvalue weighted by molar-refractivity contribution is 5.91. The lowest BCUT2D eigenvalue weighted by atomic mass is 9.49. The molecular weight excluding hydrogens is 312 g/mol. The maximum atomic E-state index is 11.9. The number of rotatable bonds is 0. The minimum absolute atomic E-state index is 0.0102. The molecule has 5 unspecified atom stereocenters. The van der Waals surface area contributed by atoms with Gasteiger partial charge < -0.3 is 4.74 Å². The van der Waals surface area contributed by atoms with Crippen molar-refractivity contribution < 1.29 is 14.3 Å². The lowest BCUT2D eigenvalue weighted by molar-refractivity contribution is -0.157. The quantitative estimate of drug-likeness (QED) is 0.486. The highest BCUT2D eigenvalue weighted by atomic mass is 16.6. The molecule has 1 heterocycles. The molecule has 0 aromatic rings. The van der Waals surface area contributed by atoms with Crippen LogP contribution < -0.4 is 0 Å². The van der Waals surface area contributed by atoms with Gasteiger partial charge in [-0.05, 0) is 67.8 Å². The summed E-state index contributed by atoms with van der Waals surface area (Å²) in [6.45, 7) is 4.73. The zero-order valence-electron chi connectivity index (χ0n) is 15.3. The number of esters is 1. The number of carbonyl (C=O) groups excluding carboxylic acids is 2. The Morgan fingerprint density at radius 2 is 1.88 bits per heavy atom. The summed E-state index contributed by atoms with van der Waals surface area (Å²) in [4.78, 5) is 23.8. The summed E-state index contributed by atoms with van der Waals surface area (Å²) in [5, 5.41) is 0. The van der Waals surface area contributed by atoms with Gasteiger partial charge in [0.15, 0.2) is 5.78 Å². The van der Waals surface area contributed by atoms with E-state index < -0.39 is 0 Å². The largest absolute Gasteiger partial charge is 0.458 e. The lowest BCUT2D eigenvalue weighted by Crippen LogP contribution is -2.52. The normalized spacial score (nSPS) is 51.0. The molecule has 0 amide bonds. The Balaban J connectivity index is 1.55. The smallest absolute Gasteiger partial charge is 0.306 e. The molecule has 0 radical (unpaired) electrons. The Hall–Kier alpha value is -1.38. The summed E-state index contributed by atoms with van der Waals surface area (Å²) in [6, 6.07) is 0. The zero-order valence-corrected chi connectivity index (χ0v) is 15.3. The van der Waals surface area contributed by atoms with Crippen LogP contribution >= 0.6 is 0 Å². The number of carbonyl (C=O) groups is 2. The molecule has 5 aliphatic rings. The third kappa shape index (κ3) is 1.88. The van der Waals surface area contributed by atoms with Gasteiger partial charge in [0.25, 0.3) is 0 Å². The topological polar surface area (TPSA) is 43.4 Å². The van der Waals surface area contributed by atoms with Crippen molar-refractivity contribution in [3.8, 4) is 0 Å². The van der Waals surface area contributed by atoms with Crippen LogP contribution in [0.3, 0.4) is 0 Å². The van der Waals surface area contributed by atoms with Crippen LogP contribution in [0, 0.1) is 28.6 Å². The molecule has 0 N–H and O–H groups in total. The molecule has 6 atom stereocenters. The van der Waals surface area contributed by atoms with Crippen molar-refractivity contribution in [2.24, 2.45) is 28.6 Å². The predicted octanol–water partition coefficient (Wildman–Crippen LogP) is 4.37. The van der Waals surface area contributed by atoms with Crippen molar-refractivity contribution in [3.63, 3.8) is 0 Å². The van der Waals surface area contributed by atoms with Crippen molar-refractivity contribution in [3.05, 3.63) is 23.8 Å². The summed E-state index contributed by atoms with van der Waals surface area (Å²) in [6.07, 6.45) is 14.4. The minimum Gasteiger partial charge on any atom is -0.458 e. The molecule has 3 fully saturated rings. The number of fused-ring (bicyclic) bond motifs is 6. The maximum absolute atomic E-state index is 11.9. The molecule has 4 aliphatic carbocycles. The van der Waals surface area contributed by atoms with E-state index in [1.165, 1.54) is 18.4 Å². The van der Waals surface area contributed by atoms with E-state index in [0.717, 1.165) is 25.7 Å². The summed E-state index contributed by atoms with van der Waals surface area (Å²) in [5.74, 6) is 2.09. The Kier molecular flexibility index (Phi) is 3.08. The molecule has 25 heavy (non-hydrogen) atoms. The average Bonchev–Trinajstić information content (AvgIpc) is 3.10. The first kappa shape index (κ1) is 15.8. The minimum atomic E-state index is -0.254. The molecule has 0 aromatic heterocycles. The van der Waals surface area contributed by atoms with Gasteiger partial charge in [-0.2, -0.15) is 0 Å². The Morgan fingerprint density at radius 3 is 2.64 bits per heavy atom. The predicted molar refractivity (Wildman–Crippen MR) is 94.7 cm³/mol. The third-order valence-corrected chi connectivity index (χ3v) is 8.72. The number of ketones is 1. The van der Waals surface area contributed by atoms with Gasteiger partial charge in [0.1, 0.15) is 5.60 Å². The second-order valence-corrected chi connectivity index (χ2v) is 9.54. The molecule has 1 spiro atoms. The SMILES string of the molecule is CC12CCC(=O)C=C1CCC1C2C=CC2(C)C1CC[C@@]21CCC(=O)O1. The van der Waals surface area contributed by atoms with Gasteiger partial charge in [-0.15, -0.1) is 0 Å². The van der Waals surface area contributed by atoms with E-state index in [-0.39, 0.29) is 22.4 Å². The Labute approximate surface area is 149 Å². The molecule has 134 valence electrons. The molecule has 1 saturated heterocycles. The number of allylic oxidation sites excluding steroid dienone is 3. The van der Waals surface area contributed by atoms with Gasteiger partial charge in [-0.25, -0.2) is 0 Å². The molecule has 0 bridgehead atoms. The summed E-state index contributed by atoms with van der Waals surface area (Å²) in [7, 11) is 0. The molecular formula is C22H28O3. The van der Waals surface area contributed by atoms with Crippen molar-refractivity contribution in [1.82, 2.24) is 0 Å². The van der Waals surface area contributed by atoms with Gasteiger partial charge in [0, 0.05) is 18.3 Å². The molecule has 2 saturated carbocycles. The number of hydrogen-bond acceptors (Lipinski definition) is 3. The van der Waals surface area contributed by atoms with E-state index in [0.29, 0.717) is 36.4 Å². The second kappa shape index (κ2) is 4.86. The van der Waals surface area contributed by atoms with Gasteiger partial charge in [-0.3, -0.25) is 9.59 Å². The van der Waals surface area contributed by atoms with Crippen LogP contribution in [0.1, 0.15) is 65.2 Å². The van der Waals surface area contributed by atoms with Crippen LogP contribution in [0.2, 0.25) is 0 Å².